The Bertz CT molecular complexity index is 1050. The monoisotopic (exact) mass is 423 g/mol. The minimum Gasteiger partial charge on any atom is -0.465 e. The number of pyridine rings is 2. The highest BCUT2D eigenvalue weighted by atomic mass is 16.4. The van der Waals surface area contributed by atoms with Crippen molar-refractivity contribution in [2.24, 2.45) is 0 Å². The predicted molar refractivity (Wildman–Crippen MR) is 117 cm³/mol. The number of carbonyl (C=O) groups is 2. The molecule has 0 aliphatic carbocycles. The Morgan fingerprint density at radius 1 is 1.16 bits per heavy atom. The molecule has 2 amide bonds. The maximum atomic E-state index is 12.3. The zero-order valence-electron chi connectivity index (χ0n) is 17.0. The summed E-state index contributed by atoms with van der Waals surface area (Å²) in [5, 5.41) is 15.4. The predicted octanol–water partition coefficient (Wildman–Crippen LogP) is 1.88. The van der Waals surface area contributed by atoms with Crippen molar-refractivity contribution in [1.29, 1.82) is 0 Å². The second-order valence-corrected chi connectivity index (χ2v) is 7.32. The SMILES string of the molecule is O=C(O)NCCC(=O)N1CCN(c2ccnc3[nH]cc(NCc4cccnc4)c23)CC1. The van der Waals surface area contributed by atoms with Crippen molar-refractivity contribution in [2.75, 3.05) is 42.9 Å². The van der Waals surface area contributed by atoms with Crippen LogP contribution in [0.4, 0.5) is 16.2 Å². The molecule has 0 bridgehead atoms. The highest BCUT2D eigenvalue weighted by Crippen LogP contribution is 2.32. The summed E-state index contributed by atoms with van der Waals surface area (Å²) >= 11 is 0. The van der Waals surface area contributed by atoms with E-state index in [0.29, 0.717) is 32.7 Å². The average Bonchev–Trinajstić information content (AvgIpc) is 3.21. The van der Waals surface area contributed by atoms with Crippen LogP contribution in [-0.2, 0) is 11.3 Å². The van der Waals surface area contributed by atoms with Crippen LogP contribution in [0.3, 0.4) is 0 Å². The molecule has 0 aromatic carbocycles. The summed E-state index contributed by atoms with van der Waals surface area (Å²) in [5.74, 6) is -0.0336. The first-order chi connectivity index (χ1) is 15.1. The van der Waals surface area contributed by atoms with E-state index >= 15 is 0 Å². The van der Waals surface area contributed by atoms with Gasteiger partial charge in [0.05, 0.1) is 16.8 Å². The number of rotatable bonds is 7. The standard InChI is InChI=1S/C21H25N7O3/c29-18(4-7-24-21(30)31)28-10-8-27(9-11-28)17-3-6-23-20-19(17)16(14-26-20)25-13-15-2-1-5-22-12-15/h1-3,5-6,12,14,24-25H,4,7-11,13H2,(H,23,26)(H,30,31). The lowest BCUT2D eigenvalue weighted by molar-refractivity contribution is -0.131. The van der Waals surface area contributed by atoms with Gasteiger partial charge in [-0.25, -0.2) is 9.78 Å². The van der Waals surface area contributed by atoms with Crippen molar-refractivity contribution in [3.63, 3.8) is 0 Å². The van der Waals surface area contributed by atoms with E-state index in [1.807, 2.05) is 30.6 Å². The van der Waals surface area contributed by atoms with Gasteiger partial charge in [-0.1, -0.05) is 6.07 Å². The van der Waals surface area contributed by atoms with Crippen LogP contribution in [0, 0.1) is 0 Å². The van der Waals surface area contributed by atoms with Gasteiger partial charge in [0.15, 0.2) is 0 Å². The number of nitrogens with one attached hydrogen (secondary N) is 3. The number of carboxylic acid groups (broad SMARTS) is 1. The summed E-state index contributed by atoms with van der Waals surface area (Å²) in [6.07, 6.45) is 6.36. The topological polar surface area (TPSA) is 126 Å². The number of hydrogen-bond acceptors (Lipinski definition) is 6. The van der Waals surface area contributed by atoms with E-state index in [4.69, 9.17) is 5.11 Å². The second kappa shape index (κ2) is 9.33. The van der Waals surface area contributed by atoms with Crippen molar-refractivity contribution < 1.29 is 14.7 Å². The first kappa shape index (κ1) is 20.5. The molecule has 0 unspecified atom stereocenters. The quantitative estimate of drug-likeness (QED) is 0.457. The number of piperazine rings is 1. The van der Waals surface area contributed by atoms with E-state index in [2.05, 4.69) is 30.5 Å². The van der Waals surface area contributed by atoms with Crippen LogP contribution in [0.25, 0.3) is 11.0 Å². The smallest absolute Gasteiger partial charge is 0.404 e. The van der Waals surface area contributed by atoms with Crippen LogP contribution in [0.15, 0.2) is 43.0 Å². The van der Waals surface area contributed by atoms with Crippen LogP contribution in [-0.4, -0.2) is 69.7 Å². The van der Waals surface area contributed by atoms with E-state index in [1.165, 1.54) is 0 Å². The van der Waals surface area contributed by atoms with Crippen molar-refractivity contribution in [3.05, 3.63) is 48.5 Å². The van der Waals surface area contributed by atoms with E-state index in [0.717, 1.165) is 28.0 Å². The maximum absolute atomic E-state index is 12.3. The molecular formula is C21H25N7O3. The Kier molecular flexibility index (Phi) is 6.16. The highest BCUT2D eigenvalue weighted by Gasteiger charge is 2.23. The molecule has 10 heteroatoms. The van der Waals surface area contributed by atoms with Crippen molar-refractivity contribution in [2.45, 2.75) is 13.0 Å². The van der Waals surface area contributed by atoms with Crippen LogP contribution >= 0.6 is 0 Å². The van der Waals surface area contributed by atoms with Gasteiger partial charge in [-0.05, 0) is 17.7 Å². The third-order valence-corrected chi connectivity index (χ3v) is 5.35. The third kappa shape index (κ3) is 4.85. The molecule has 3 aromatic rings. The molecule has 0 saturated carbocycles. The van der Waals surface area contributed by atoms with Gasteiger partial charge in [0.1, 0.15) is 5.65 Å². The molecule has 1 aliphatic rings. The molecule has 4 heterocycles. The molecule has 31 heavy (non-hydrogen) atoms. The number of nitrogens with zero attached hydrogens (tertiary/aromatic N) is 4. The van der Waals surface area contributed by atoms with E-state index in [-0.39, 0.29) is 18.9 Å². The molecule has 10 nitrogen and oxygen atoms in total. The maximum Gasteiger partial charge on any atom is 0.404 e. The minimum absolute atomic E-state index is 0.0336. The lowest BCUT2D eigenvalue weighted by Crippen LogP contribution is -2.49. The zero-order chi connectivity index (χ0) is 21.6. The van der Waals surface area contributed by atoms with Crippen LogP contribution in [0.2, 0.25) is 0 Å². The molecule has 162 valence electrons. The van der Waals surface area contributed by atoms with Gasteiger partial charge in [0, 0.05) is 70.5 Å². The molecule has 1 fully saturated rings. The average molecular weight is 423 g/mol. The Balaban J connectivity index is 1.42. The summed E-state index contributed by atoms with van der Waals surface area (Å²) in [4.78, 5) is 38.7. The first-order valence-electron chi connectivity index (χ1n) is 10.2. The van der Waals surface area contributed by atoms with Gasteiger partial charge < -0.3 is 30.5 Å². The first-order valence-corrected chi connectivity index (χ1v) is 10.2. The Morgan fingerprint density at radius 2 is 2.00 bits per heavy atom. The number of H-pyrrole nitrogens is 1. The molecule has 0 atom stereocenters. The lowest BCUT2D eigenvalue weighted by atomic mass is 10.2. The second-order valence-electron chi connectivity index (χ2n) is 7.32. The van der Waals surface area contributed by atoms with Gasteiger partial charge in [0.25, 0.3) is 0 Å². The number of aromatic nitrogens is 3. The Labute approximate surface area is 179 Å². The minimum atomic E-state index is -1.11. The lowest BCUT2D eigenvalue weighted by Gasteiger charge is -2.36. The molecule has 1 saturated heterocycles. The van der Waals surface area contributed by atoms with Gasteiger partial charge in [-0.15, -0.1) is 0 Å². The Morgan fingerprint density at radius 3 is 2.74 bits per heavy atom. The molecule has 0 spiro atoms. The summed E-state index contributed by atoms with van der Waals surface area (Å²) < 4.78 is 0. The van der Waals surface area contributed by atoms with Crippen molar-refractivity contribution >= 4 is 34.4 Å². The van der Waals surface area contributed by atoms with Gasteiger partial charge in [-0.2, -0.15) is 0 Å². The fraction of sp³-hybridized carbons (Fsp3) is 0.333. The summed E-state index contributed by atoms with van der Waals surface area (Å²) in [5.41, 5.74) is 3.94. The van der Waals surface area contributed by atoms with E-state index < -0.39 is 6.09 Å². The highest BCUT2D eigenvalue weighted by molar-refractivity contribution is 6.00. The fourth-order valence-corrected chi connectivity index (χ4v) is 3.77. The van der Waals surface area contributed by atoms with Gasteiger partial charge in [-0.3, -0.25) is 9.78 Å². The van der Waals surface area contributed by atoms with Crippen molar-refractivity contribution in [3.8, 4) is 0 Å². The number of anilines is 2. The van der Waals surface area contributed by atoms with Crippen LogP contribution < -0.4 is 15.5 Å². The normalized spacial score (nSPS) is 13.9. The number of hydrogen-bond donors (Lipinski definition) is 4. The van der Waals surface area contributed by atoms with Crippen LogP contribution in [0.1, 0.15) is 12.0 Å². The molecule has 4 N–H and O–H groups in total. The molecule has 0 radical (unpaired) electrons. The number of carbonyl (C=O) groups excluding carboxylic acids is 1. The molecule has 3 aromatic heterocycles. The number of amides is 2. The van der Waals surface area contributed by atoms with Gasteiger partial charge >= 0.3 is 6.09 Å². The largest absolute Gasteiger partial charge is 0.465 e. The Hall–Kier alpha value is -3.82. The van der Waals surface area contributed by atoms with Crippen LogP contribution in [0.5, 0.6) is 0 Å². The summed E-state index contributed by atoms with van der Waals surface area (Å²) in [7, 11) is 0. The summed E-state index contributed by atoms with van der Waals surface area (Å²) in [6.45, 7) is 3.38. The molecule has 1 aliphatic heterocycles. The third-order valence-electron chi connectivity index (χ3n) is 5.35. The van der Waals surface area contributed by atoms with E-state index in [1.54, 1.807) is 17.3 Å². The summed E-state index contributed by atoms with van der Waals surface area (Å²) in [6, 6.07) is 5.94. The number of fused-ring (bicyclic) bond motifs is 1. The van der Waals surface area contributed by atoms with E-state index in [9.17, 15) is 9.59 Å². The van der Waals surface area contributed by atoms with Crippen molar-refractivity contribution in [1.82, 2.24) is 25.2 Å². The fourth-order valence-electron chi connectivity index (χ4n) is 3.77. The zero-order valence-corrected chi connectivity index (χ0v) is 17.0. The molecule has 4 rings (SSSR count). The molecular weight excluding hydrogens is 398 g/mol. The van der Waals surface area contributed by atoms with Gasteiger partial charge in [0.2, 0.25) is 5.91 Å². The number of aromatic amines is 1.